The molecule has 2 aromatic carbocycles. The topological polar surface area (TPSA) is 34.0 Å². The largest absolute Gasteiger partial charge is 0.354 e. The predicted octanol–water partition coefficient (Wildman–Crippen LogP) is 4.32. The van der Waals surface area contributed by atoms with Gasteiger partial charge in [-0.05, 0) is 61.7 Å². The highest BCUT2D eigenvalue weighted by Crippen LogP contribution is 2.11. The Balaban J connectivity index is 1.59. The molecule has 0 spiro atoms. The molecule has 0 saturated carbocycles. The Morgan fingerprint density at radius 2 is 1.85 bits per heavy atom. The zero-order valence-corrected chi connectivity index (χ0v) is 15.8. The first-order valence-corrected chi connectivity index (χ1v) is 9.20. The first-order valence-electron chi connectivity index (χ1n) is 9.20. The van der Waals surface area contributed by atoms with E-state index in [9.17, 15) is 4.79 Å². The van der Waals surface area contributed by atoms with Gasteiger partial charge in [-0.3, -0.25) is 4.79 Å². The van der Waals surface area contributed by atoms with Crippen molar-refractivity contribution in [3.63, 3.8) is 0 Å². The highest BCUT2D eigenvalue weighted by atomic mass is 16.1. The molecule has 3 rings (SSSR count). The van der Waals surface area contributed by atoms with Crippen molar-refractivity contribution in [3.8, 4) is 11.8 Å². The quantitative estimate of drug-likeness (QED) is 0.536. The molecule has 3 aromatic rings. The average molecular weight is 356 g/mol. The summed E-state index contributed by atoms with van der Waals surface area (Å²) in [5.41, 5.74) is 4.82. The number of carbonyl (C=O) groups excluding carboxylic acids is 1. The van der Waals surface area contributed by atoms with E-state index in [1.165, 1.54) is 5.56 Å². The van der Waals surface area contributed by atoms with Crippen molar-refractivity contribution in [2.75, 3.05) is 6.54 Å². The molecule has 3 heteroatoms. The van der Waals surface area contributed by atoms with Crippen LogP contribution in [0.25, 0.3) is 0 Å². The Hall–Kier alpha value is -3.25. The fourth-order valence-corrected chi connectivity index (χ4v) is 2.82. The summed E-state index contributed by atoms with van der Waals surface area (Å²) >= 11 is 0. The minimum atomic E-state index is -0.0542. The number of hydrogen-bond donors (Lipinski definition) is 1. The van der Waals surface area contributed by atoms with Gasteiger partial charge in [0.1, 0.15) is 0 Å². The van der Waals surface area contributed by atoms with Crippen LogP contribution in [0.1, 0.15) is 39.0 Å². The monoisotopic (exact) mass is 356 g/mol. The van der Waals surface area contributed by atoms with E-state index in [0.717, 1.165) is 29.7 Å². The molecule has 0 bridgehead atoms. The van der Waals surface area contributed by atoms with Crippen molar-refractivity contribution in [1.29, 1.82) is 0 Å². The van der Waals surface area contributed by atoms with Gasteiger partial charge < -0.3 is 9.88 Å². The third-order valence-corrected chi connectivity index (χ3v) is 4.39. The number of aromatic nitrogens is 1. The number of hydrogen-bond acceptors (Lipinski definition) is 1. The van der Waals surface area contributed by atoms with Crippen LogP contribution in [0.2, 0.25) is 0 Å². The van der Waals surface area contributed by atoms with Crippen LogP contribution in [0.5, 0.6) is 0 Å². The summed E-state index contributed by atoms with van der Waals surface area (Å²) in [7, 11) is 0. The molecule has 1 aromatic heterocycles. The zero-order chi connectivity index (χ0) is 19.1. The Morgan fingerprint density at radius 1 is 1.04 bits per heavy atom. The number of nitrogens with one attached hydrogen (secondary N) is 1. The second-order valence-corrected chi connectivity index (χ2v) is 6.68. The molecule has 0 saturated heterocycles. The van der Waals surface area contributed by atoms with Crippen molar-refractivity contribution in [2.45, 2.75) is 26.8 Å². The van der Waals surface area contributed by atoms with Gasteiger partial charge >= 0.3 is 0 Å². The molecule has 1 N–H and O–H groups in total. The minimum Gasteiger partial charge on any atom is -0.354 e. The summed E-state index contributed by atoms with van der Waals surface area (Å²) < 4.78 is 2.14. The summed E-state index contributed by atoms with van der Waals surface area (Å²) in [6.45, 7) is 5.63. The maximum absolute atomic E-state index is 12.4. The van der Waals surface area contributed by atoms with Gasteiger partial charge in [0.05, 0.1) is 0 Å². The Labute approximate surface area is 161 Å². The molecule has 0 unspecified atom stereocenters. The third-order valence-electron chi connectivity index (χ3n) is 4.39. The standard InChI is InChI=1S/C24H24N2O/c1-19-13-16-26(18-19)15-6-14-25-24(27)23-11-9-20(2)22(17-23)12-10-21-7-4-3-5-8-21/h3-5,7-9,11,13,16-18H,6,14-15H2,1-2H3,(H,25,27). The van der Waals surface area contributed by atoms with Crippen LogP contribution >= 0.6 is 0 Å². The first kappa shape index (κ1) is 18.5. The first-order chi connectivity index (χ1) is 13.1. The van der Waals surface area contributed by atoms with E-state index in [-0.39, 0.29) is 5.91 Å². The molecular formula is C24H24N2O. The molecule has 3 nitrogen and oxygen atoms in total. The van der Waals surface area contributed by atoms with Crippen molar-refractivity contribution in [3.05, 3.63) is 94.8 Å². The molecule has 0 fully saturated rings. The van der Waals surface area contributed by atoms with Gasteiger partial charge in [0, 0.05) is 42.2 Å². The lowest BCUT2D eigenvalue weighted by Crippen LogP contribution is -2.25. The smallest absolute Gasteiger partial charge is 0.251 e. The Kier molecular flexibility index (Phi) is 6.12. The van der Waals surface area contributed by atoms with Crippen molar-refractivity contribution in [2.24, 2.45) is 0 Å². The maximum Gasteiger partial charge on any atom is 0.251 e. The number of amides is 1. The number of benzene rings is 2. The zero-order valence-electron chi connectivity index (χ0n) is 15.8. The van der Waals surface area contributed by atoms with E-state index in [1.54, 1.807) is 0 Å². The molecule has 0 radical (unpaired) electrons. The average Bonchev–Trinajstić information content (AvgIpc) is 3.10. The van der Waals surface area contributed by atoms with Crippen LogP contribution in [0.3, 0.4) is 0 Å². The molecule has 0 aliphatic carbocycles. The fourth-order valence-electron chi connectivity index (χ4n) is 2.82. The van der Waals surface area contributed by atoms with E-state index in [1.807, 2.05) is 55.5 Å². The van der Waals surface area contributed by atoms with E-state index in [0.29, 0.717) is 12.1 Å². The highest BCUT2D eigenvalue weighted by Gasteiger charge is 2.07. The van der Waals surface area contributed by atoms with Gasteiger partial charge in [-0.1, -0.05) is 36.1 Å². The van der Waals surface area contributed by atoms with E-state index in [2.05, 4.69) is 47.1 Å². The van der Waals surface area contributed by atoms with Gasteiger partial charge in [0.2, 0.25) is 0 Å². The Bertz CT molecular complexity index is 974. The van der Waals surface area contributed by atoms with E-state index < -0.39 is 0 Å². The van der Waals surface area contributed by atoms with Gasteiger partial charge in [-0.2, -0.15) is 0 Å². The van der Waals surface area contributed by atoms with Crippen molar-refractivity contribution >= 4 is 5.91 Å². The number of aryl methyl sites for hydroxylation is 3. The van der Waals surface area contributed by atoms with Crippen LogP contribution in [0, 0.1) is 25.7 Å². The molecule has 0 atom stereocenters. The normalized spacial score (nSPS) is 10.1. The number of nitrogens with zero attached hydrogens (tertiary/aromatic N) is 1. The van der Waals surface area contributed by atoms with Crippen LogP contribution in [-0.4, -0.2) is 17.0 Å². The van der Waals surface area contributed by atoms with Crippen LogP contribution in [-0.2, 0) is 6.54 Å². The molecule has 1 heterocycles. The van der Waals surface area contributed by atoms with Crippen LogP contribution in [0.15, 0.2) is 67.0 Å². The third kappa shape index (κ3) is 5.36. The number of rotatable bonds is 5. The van der Waals surface area contributed by atoms with Gasteiger partial charge in [-0.25, -0.2) is 0 Å². The van der Waals surface area contributed by atoms with Gasteiger partial charge in [0.25, 0.3) is 5.91 Å². The minimum absolute atomic E-state index is 0.0542. The van der Waals surface area contributed by atoms with Crippen LogP contribution < -0.4 is 5.32 Å². The summed E-state index contributed by atoms with van der Waals surface area (Å²) in [5.74, 6) is 6.28. The van der Waals surface area contributed by atoms with E-state index in [4.69, 9.17) is 0 Å². The maximum atomic E-state index is 12.4. The SMILES string of the molecule is Cc1ccn(CCCNC(=O)c2ccc(C)c(C#Cc3ccccc3)c2)c1. The number of carbonyl (C=O) groups is 1. The summed E-state index contributed by atoms with van der Waals surface area (Å²) in [6, 6.07) is 17.6. The molecule has 0 aliphatic rings. The lowest BCUT2D eigenvalue weighted by atomic mass is 10.0. The summed E-state index contributed by atoms with van der Waals surface area (Å²) in [5, 5.41) is 3.00. The fraction of sp³-hybridized carbons (Fsp3) is 0.208. The highest BCUT2D eigenvalue weighted by molar-refractivity contribution is 5.94. The van der Waals surface area contributed by atoms with Crippen molar-refractivity contribution < 1.29 is 4.79 Å². The lowest BCUT2D eigenvalue weighted by molar-refractivity contribution is 0.0952. The van der Waals surface area contributed by atoms with Gasteiger partial charge in [0.15, 0.2) is 0 Å². The second kappa shape index (κ2) is 8.91. The molecule has 27 heavy (non-hydrogen) atoms. The Morgan fingerprint density at radius 3 is 2.59 bits per heavy atom. The summed E-state index contributed by atoms with van der Waals surface area (Å²) in [4.78, 5) is 12.4. The van der Waals surface area contributed by atoms with Crippen molar-refractivity contribution in [1.82, 2.24) is 9.88 Å². The summed E-state index contributed by atoms with van der Waals surface area (Å²) in [6.07, 6.45) is 5.07. The van der Waals surface area contributed by atoms with Gasteiger partial charge in [-0.15, -0.1) is 0 Å². The lowest BCUT2D eigenvalue weighted by Gasteiger charge is -2.07. The van der Waals surface area contributed by atoms with E-state index >= 15 is 0 Å². The molecule has 0 aliphatic heterocycles. The predicted molar refractivity (Wildman–Crippen MR) is 110 cm³/mol. The van der Waals surface area contributed by atoms with Crippen LogP contribution in [0.4, 0.5) is 0 Å². The molecule has 136 valence electrons. The molecule has 1 amide bonds. The molecular weight excluding hydrogens is 332 g/mol. The second-order valence-electron chi connectivity index (χ2n) is 6.68.